The number of ether oxygens (including phenoxy) is 1. The fourth-order valence-corrected chi connectivity index (χ4v) is 2.80. The summed E-state index contributed by atoms with van der Waals surface area (Å²) < 4.78 is 10.7. The minimum atomic E-state index is -1.03. The number of carbonyl (C=O) groups is 1. The maximum Gasteiger partial charge on any atom is 0.343 e. The molecule has 1 atom stereocenters. The van der Waals surface area contributed by atoms with Gasteiger partial charge in [-0.25, -0.2) is 4.79 Å². The van der Waals surface area contributed by atoms with Gasteiger partial charge in [-0.3, -0.25) is 0 Å². The predicted octanol–water partition coefficient (Wildman–Crippen LogP) is 2.66. The molecule has 22 heavy (non-hydrogen) atoms. The van der Waals surface area contributed by atoms with Crippen LogP contribution in [0.2, 0.25) is 0 Å². The van der Waals surface area contributed by atoms with Crippen molar-refractivity contribution in [1.82, 2.24) is 5.16 Å². The van der Waals surface area contributed by atoms with Crippen molar-refractivity contribution in [3.05, 3.63) is 35.9 Å². The molecule has 6 nitrogen and oxygen atoms in total. The highest BCUT2D eigenvalue weighted by Gasteiger charge is 2.30. The Bertz CT molecular complexity index is 653. The predicted molar refractivity (Wildman–Crippen MR) is 81.1 cm³/mol. The number of nitrogens with zero attached hydrogens (tertiary/aromatic N) is 2. The molecule has 1 fully saturated rings. The van der Waals surface area contributed by atoms with Gasteiger partial charge in [0.25, 0.3) is 0 Å². The van der Waals surface area contributed by atoms with Crippen molar-refractivity contribution in [2.45, 2.75) is 18.9 Å². The van der Waals surface area contributed by atoms with Crippen LogP contribution in [-0.4, -0.2) is 42.5 Å². The molecular formula is C16H18N2O4. The molecule has 0 aliphatic carbocycles. The summed E-state index contributed by atoms with van der Waals surface area (Å²) in [6.45, 7) is 1.37. The monoisotopic (exact) mass is 302 g/mol. The molecule has 1 aliphatic heterocycles. The van der Waals surface area contributed by atoms with Gasteiger partial charge in [0.05, 0.1) is 6.10 Å². The Morgan fingerprint density at radius 2 is 2.18 bits per heavy atom. The van der Waals surface area contributed by atoms with Crippen molar-refractivity contribution < 1.29 is 19.2 Å². The van der Waals surface area contributed by atoms with Crippen LogP contribution in [0.5, 0.6) is 0 Å². The Kier molecular flexibility index (Phi) is 4.11. The lowest BCUT2D eigenvalue weighted by atomic mass is 10.1. The SMILES string of the molecule is COC1CCCN(c2noc(-c3ccccc3)c2C(=O)O)C1. The molecule has 1 saturated heterocycles. The second-order valence-electron chi connectivity index (χ2n) is 5.33. The summed E-state index contributed by atoms with van der Waals surface area (Å²) in [6, 6.07) is 9.17. The van der Waals surface area contributed by atoms with E-state index in [1.165, 1.54) is 0 Å². The van der Waals surface area contributed by atoms with E-state index in [1.54, 1.807) is 7.11 Å². The second kappa shape index (κ2) is 6.19. The molecule has 1 unspecified atom stereocenters. The van der Waals surface area contributed by atoms with Gasteiger partial charge < -0.3 is 19.3 Å². The smallest absolute Gasteiger partial charge is 0.343 e. The lowest BCUT2D eigenvalue weighted by molar-refractivity contribution is 0.0695. The standard InChI is InChI=1S/C16H18N2O4/c1-21-12-8-5-9-18(10-12)15-13(16(19)20)14(22-17-15)11-6-3-2-4-7-11/h2-4,6-7,12H,5,8-10H2,1H3,(H,19,20). The Balaban J connectivity index is 1.99. The van der Waals surface area contributed by atoms with Crippen LogP contribution in [0.15, 0.2) is 34.9 Å². The first-order valence-corrected chi connectivity index (χ1v) is 7.27. The highest BCUT2D eigenvalue weighted by molar-refractivity contribution is 5.99. The molecule has 116 valence electrons. The molecule has 3 rings (SSSR count). The molecule has 0 spiro atoms. The van der Waals surface area contributed by atoms with E-state index in [2.05, 4.69) is 5.16 Å². The van der Waals surface area contributed by atoms with E-state index in [0.29, 0.717) is 23.7 Å². The summed E-state index contributed by atoms with van der Waals surface area (Å²) in [6.07, 6.45) is 2.00. The van der Waals surface area contributed by atoms with Crippen molar-refractivity contribution in [3.63, 3.8) is 0 Å². The topological polar surface area (TPSA) is 75.8 Å². The van der Waals surface area contributed by atoms with Gasteiger partial charge >= 0.3 is 5.97 Å². The van der Waals surface area contributed by atoms with Crippen LogP contribution in [0, 0.1) is 0 Å². The van der Waals surface area contributed by atoms with E-state index in [1.807, 2.05) is 35.2 Å². The highest BCUT2D eigenvalue weighted by Crippen LogP contribution is 2.32. The van der Waals surface area contributed by atoms with Crippen LogP contribution in [0.4, 0.5) is 5.82 Å². The third kappa shape index (κ3) is 2.69. The zero-order valence-electron chi connectivity index (χ0n) is 12.4. The van der Waals surface area contributed by atoms with Crippen LogP contribution in [0.25, 0.3) is 11.3 Å². The van der Waals surface area contributed by atoms with Crippen LogP contribution in [0.1, 0.15) is 23.2 Å². The highest BCUT2D eigenvalue weighted by atomic mass is 16.5. The van der Waals surface area contributed by atoms with Gasteiger partial charge in [-0.05, 0) is 12.8 Å². The molecular weight excluding hydrogens is 284 g/mol. The van der Waals surface area contributed by atoms with Gasteiger partial charge in [0.15, 0.2) is 17.1 Å². The number of carboxylic acids is 1. The Labute approximate surface area is 128 Å². The molecule has 1 aromatic carbocycles. The minimum absolute atomic E-state index is 0.0901. The van der Waals surface area contributed by atoms with Gasteiger partial charge in [0, 0.05) is 25.8 Å². The number of aromatic nitrogens is 1. The van der Waals surface area contributed by atoms with E-state index in [-0.39, 0.29) is 11.7 Å². The number of hydrogen-bond acceptors (Lipinski definition) is 5. The van der Waals surface area contributed by atoms with Crippen molar-refractivity contribution in [2.24, 2.45) is 0 Å². The zero-order chi connectivity index (χ0) is 15.5. The molecule has 1 N–H and O–H groups in total. The van der Waals surface area contributed by atoms with E-state index in [0.717, 1.165) is 19.4 Å². The van der Waals surface area contributed by atoms with E-state index in [4.69, 9.17) is 9.26 Å². The van der Waals surface area contributed by atoms with E-state index >= 15 is 0 Å². The van der Waals surface area contributed by atoms with Crippen LogP contribution in [-0.2, 0) is 4.74 Å². The van der Waals surface area contributed by atoms with Gasteiger partial charge in [0.1, 0.15) is 0 Å². The molecule has 6 heteroatoms. The summed E-state index contributed by atoms with van der Waals surface area (Å²) in [5.41, 5.74) is 0.821. The maximum absolute atomic E-state index is 11.7. The zero-order valence-corrected chi connectivity index (χ0v) is 12.4. The lowest BCUT2D eigenvalue weighted by Gasteiger charge is -2.31. The van der Waals surface area contributed by atoms with Crippen molar-refractivity contribution >= 4 is 11.8 Å². The average molecular weight is 302 g/mol. The van der Waals surface area contributed by atoms with Crippen molar-refractivity contribution in [2.75, 3.05) is 25.1 Å². The fourth-order valence-electron chi connectivity index (χ4n) is 2.80. The fraction of sp³-hybridized carbons (Fsp3) is 0.375. The first-order valence-electron chi connectivity index (χ1n) is 7.27. The van der Waals surface area contributed by atoms with Gasteiger partial charge in [-0.15, -0.1) is 0 Å². The first-order chi connectivity index (χ1) is 10.7. The summed E-state index contributed by atoms with van der Waals surface area (Å²) in [4.78, 5) is 13.6. The minimum Gasteiger partial charge on any atom is -0.477 e. The first kappa shape index (κ1) is 14.6. The summed E-state index contributed by atoms with van der Waals surface area (Å²) in [5.74, 6) is -0.356. The molecule has 1 aliphatic rings. The third-order valence-electron chi connectivity index (χ3n) is 3.93. The Morgan fingerprint density at radius 1 is 1.41 bits per heavy atom. The van der Waals surface area contributed by atoms with Crippen LogP contribution in [0.3, 0.4) is 0 Å². The maximum atomic E-state index is 11.7. The number of piperidine rings is 1. The Morgan fingerprint density at radius 3 is 2.86 bits per heavy atom. The van der Waals surface area contributed by atoms with E-state index < -0.39 is 5.97 Å². The molecule has 2 aromatic rings. The number of anilines is 1. The van der Waals surface area contributed by atoms with Crippen LogP contribution < -0.4 is 4.90 Å². The summed E-state index contributed by atoms with van der Waals surface area (Å²) in [7, 11) is 1.67. The molecule has 0 amide bonds. The van der Waals surface area contributed by atoms with E-state index in [9.17, 15) is 9.90 Å². The molecule has 2 heterocycles. The molecule has 1 aromatic heterocycles. The third-order valence-corrected chi connectivity index (χ3v) is 3.93. The van der Waals surface area contributed by atoms with Crippen LogP contribution >= 0.6 is 0 Å². The van der Waals surface area contributed by atoms with Crippen molar-refractivity contribution in [3.8, 4) is 11.3 Å². The molecule has 0 radical (unpaired) electrons. The number of benzene rings is 1. The number of hydrogen-bond donors (Lipinski definition) is 1. The molecule has 0 bridgehead atoms. The second-order valence-corrected chi connectivity index (χ2v) is 5.33. The largest absolute Gasteiger partial charge is 0.477 e. The normalized spacial score (nSPS) is 18.4. The number of methoxy groups -OCH3 is 1. The summed E-state index contributed by atoms with van der Waals surface area (Å²) >= 11 is 0. The Hall–Kier alpha value is -2.34. The van der Waals surface area contributed by atoms with Gasteiger partial charge in [-0.2, -0.15) is 0 Å². The van der Waals surface area contributed by atoms with Gasteiger partial charge in [0.2, 0.25) is 0 Å². The lowest BCUT2D eigenvalue weighted by Crippen LogP contribution is -2.40. The number of aromatic carboxylic acids is 1. The van der Waals surface area contributed by atoms with Gasteiger partial charge in [-0.1, -0.05) is 35.5 Å². The number of rotatable bonds is 4. The number of carboxylic acid groups (broad SMARTS) is 1. The molecule has 0 saturated carbocycles. The summed E-state index contributed by atoms with van der Waals surface area (Å²) in [5, 5.41) is 13.6. The average Bonchev–Trinajstić information content (AvgIpc) is 3.01. The van der Waals surface area contributed by atoms with Crippen molar-refractivity contribution in [1.29, 1.82) is 0 Å². The quantitative estimate of drug-likeness (QED) is 0.935.